The summed E-state index contributed by atoms with van der Waals surface area (Å²) in [5, 5.41) is 3.30. The summed E-state index contributed by atoms with van der Waals surface area (Å²) in [6.07, 6.45) is 13.7. The molecule has 0 aromatic heterocycles. The Labute approximate surface area is 162 Å². The lowest BCUT2D eigenvalue weighted by molar-refractivity contribution is -0.126. The molecule has 1 heterocycles. The molecule has 0 radical (unpaired) electrons. The first kappa shape index (κ1) is 17.5. The number of Topliss-reactive ketones (excluding diaryl/α,β-unsaturated/α-hetero) is 1. The fourth-order valence-corrected chi connectivity index (χ4v) is 7.63. The molecular formula is C23H33N3O. The topological polar surface area (TPSA) is 67.5 Å². The number of guanidine groups is 1. The zero-order chi connectivity index (χ0) is 18.8. The van der Waals surface area contributed by atoms with Gasteiger partial charge in [-0.3, -0.25) is 9.79 Å². The molecule has 0 saturated heterocycles. The number of carbonyl (C=O) groups is 1. The first-order chi connectivity index (χ1) is 13.0. The van der Waals surface area contributed by atoms with Gasteiger partial charge >= 0.3 is 0 Å². The van der Waals surface area contributed by atoms with E-state index in [1.54, 1.807) is 5.57 Å². The Morgan fingerprint density at radius 1 is 1.26 bits per heavy atom. The van der Waals surface area contributed by atoms with Gasteiger partial charge in [0, 0.05) is 18.0 Å². The van der Waals surface area contributed by atoms with Crippen molar-refractivity contribution in [2.24, 2.45) is 39.3 Å². The third kappa shape index (κ3) is 2.22. The molecular weight excluding hydrogens is 334 g/mol. The molecule has 27 heavy (non-hydrogen) atoms. The number of ketones is 1. The van der Waals surface area contributed by atoms with E-state index in [1.807, 2.05) is 0 Å². The van der Waals surface area contributed by atoms with Crippen molar-refractivity contribution in [3.63, 3.8) is 0 Å². The normalized spacial score (nSPS) is 41.4. The van der Waals surface area contributed by atoms with Crippen molar-refractivity contribution in [3.05, 3.63) is 23.3 Å². The lowest BCUT2D eigenvalue weighted by Gasteiger charge is -2.55. The van der Waals surface area contributed by atoms with E-state index >= 15 is 0 Å². The maximum absolute atomic E-state index is 13.5. The number of hydrogen-bond donors (Lipinski definition) is 2. The van der Waals surface area contributed by atoms with Crippen LogP contribution in [0.15, 0.2) is 28.3 Å². The average molecular weight is 368 g/mol. The fourth-order valence-electron chi connectivity index (χ4n) is 7.63. The monoisotopic (exact) mass is 367 g/mol. The third-order valence-corrected chi connectivity index (χ3v) is 8.82. The van der Waals surface area contributed by atoms with Crippen molar-refractivity contribution in [2.75, 3.05) is 6.54 Å². The second kappa shape index (κ2) is 5.96. The molecule has 2 saturated carbocycles. The van der Waals surface area contributed by atoms with Gasteiger partial charge in [0.1, 0.15) is 0 Å². The molecule has 5 aliphatic rings. The molecule has 4 nitrogen and oxygen atoms in total. The molecule has 5 rings (SSSR count). The van der Waals surface area contributed by atoms with Gasteiger partial charge in [-0.1, -0.05) is 31.6 Å². The minimum atomic E-state index is 0.122. The molecule has 1 aliphatic heterocycles. The second-order valence-electron chi connectivity index (χ2n) is 10.0. The Morgan fingerprint density at radius 2 is 2.07 bits per heavy atom. The highest BCUT2D eigenvalue weighted by molar-refractivity contribution is 6.04. The number of fused-ring (bicyclic) bond motifs is 1. The largest absolute Gasteiger partial charge is 0.370 e. The first-order valence-electron chi connectivity index (χ1n) is 11.0. The van der Waals surface area contributed by atoms with Crippen LogP contribution in [0.1, 0.15) is 65.2 Å². The van der Waals surface area contributed by atoms with E-state index in [0.717, 1.165) is 38.1 Å². The summed E-state index contributed by atoms with van der Waals surface area (Å²) in [4.78, 5) is 17.7. The van der Waals surface area contributed by atoms with Crippen LogP contribution in [-0.4, -0.2) is 24.3 Å². The minimum absolute atomic E-state index is 0.122. The van der Waals surface area contributed by atoms with Crippen LogP contribution in [-0.2, 0) is 4.79 Å². The summed E-state index contributed by atoms with van der Waals surface area (Å²) in [6, 6.07) is 0.414. The van der Waals surface area contributed by atoms with Crippen LogP contribution in [0, 0.1) is 28.6 Å². The molecule has 5 unspecified atom stereocenters. The predicted octanol–water partition coefficient (Wildman–Crippen LogP) is 3.73. The van der Waals surface area contributed by atoms with Crippen molar-refractivity contribution in [3.8, 4) is 0 Å². The molecule has 5 atom stereocenters. The Bertz CT molecular complexity index is 762. The van der Waals surface area contributed by atoms with E-state index < -0.39 is 0 Å². The molecule has 2 fully saturated rings. The average Bonchev–Trinajstić information content (AvgIpc) is 2.91. The molecule has 1 spiro atoms. The van der Waals surface area contributed by atoms with Gasteiger partial charge < -0.3 is 11.1 Å². The fraction of sp³-hybridized carbons (Fsp3) is 0.739. The lowest BCUT2D eigenvalue weighted by Crippen LogP contribution is -2.51. The van der Waals surface area contributed by atoms with E-state index in [9.17, 15) is 4.79 Å². The van der Waals surface area contributed by atoms with E-state index in [-0.39, 0.29) is 16.7 Å². The number of nitrogens with two attached hydrogens (primary N) is 1. The SMILES string of the molecule is CC1(C)C2CCC3CC=CC4C(=O)C(CCCC5CCN=C(N)N5)=C(C2)C341. The van der Waals surface area contributed by atoms with Gasteiger partial charge in [0.2, 0.25) is 0 Å². The molecule has 2 bridgehead atoms. The number of carbonyl (C=O) groups excluding carboxylic acids is 1. The van der Waals surface area contributed by atoms with Crippen LogP contribution in [0.4, 0.5) is 0 Å². The number of nitrogens with zero attached hydrogens (tertiary/aromatic N) is 1. The standard InChI is InChI=1S/C23H33N3O/c1-22(2)15-10-9-14-5-3-8-18-20(27)17(19(13-15)23(14,18)22)7-4-6-16-11-12-25-21(24)26-16/h3,8,14-16,18H,4-7,9-13H2,1-2H3,(H3,24,25,26). The third-order valence-electron chi connectivity index (χ3n) is 8.82. The summed E-state index contributed by atoms with van der Waals surface area (Å²) in [7, 11) is 0. The summed E-state index contributed by atoms with van der Waals surface area (Å²) < 4.78 is 0. The molecule has 146 valence electrons. The van der Waals surface area contributed by atoms with Gasteiger partial charge in [-0.05, 0) is 74.2 Å². The van der Waals surface area contributed by atoms with Crippen molar-refractivity contribution in [1.29, 1.82) is 0 Å². The molecule has 4 aliphatic carbocycles. The first-order valence-corrected chi connectivity index (χ1v) is 11.0. The predicted molar refractivity (Wildman–Crippen MR) is 108 cm³/mol. The highest BCUT2D eigenvalue weighted by Gasteiger charge is 2.70. The molecule has 0 aromatic carbocycles. The van der Waals surface area contributed by atoms with Crippen LogP contribution in [0.2, 0.25) is 0 Å². The quantitative estimate of drug-likeness (QED) is 0.744. The van der Waals surface area contributed by atoms with E-state index in [4.69, 9.17) is 5.73 Å². The van der Waals surface area contributed by atoms with Gasteiger partial charge in [-0.15, -0.1) is 0 Å². The van der Waals surface area contributed by atoms with Crippen LogP contribution in [0.5, 0.6) is 0 Å². The number of nitrogens with one attached hydrogen (secondary N) is 1. The number of hydrogen-bond acceptors (Lipinski definition) is 4. The molecule has 4 heteroatoms. The molecule has 0 amide bonds. The van der Waals surface area contributed by atoms with Crippen LogP contribution >= 0.6 is 0 Å². The molecule has 0 aromatic rings. The van der Waals surface area contributed by atoms with Crippen molar-refractivity contribution >= 4 is 11.7 Å². The van der Waals surface area contributed by atoms with Gasteiger partial charge in [-0.25, -0.2) is 0 Å². The summed E-state index contributed by atoms with van der Waals surface area (Å²) in [5.74, 6) is 2.59. The number of allylic oxidation sites excluding steroid dienone is 4. The van der Waals surface area contributed by atoms with Gasteiger partial charge in [0.25, 0.3) is 0 Å². The maximum Gasteiger partial charge on any atom is 0.188 e. The Morgan fingerprint density at radius 3 is 2.89 bits per heavy atom. The zero-order valence-corrected chi connectivity index (χ0v) is 16.8. The van der Waals surface area contributed by atoms with E-state index in [2.05, 4.69) is 36.3 Å². The second-order valence-corrected chi connectivity index (χ2v) is 10.0. The van der Waals surface area contributed by atoms with E-state index in [1.165, 1.54) is 31.3 Å². The lowest BCUT2D eigenvalue weighted by atomic mass is 9.47. The van der Waals surface area contributed by atoms with Crippen LogP contribution in [0.25, 0.3) is 0 Å². The number of aliphatic imine (C=N–C) groups is 1. The van der Waals surface area contributed by atoms with Crippen molar-refractivity contribution in [2.45, 2.75) is 71.3 Å². The Kier molecular flexibility index (Phi) is 3.86. The van der Waals surface area contributed by atoms with Crippen LogP contribution < -0.4 is 11.1 Å². The smallest absolute Gasteiger partial charge is 0.188 e. The molecule has 3 N–H and O–H groups in total. The Balaban J connectivity index is 1.42. The highest BCUT2D eigenvalue weighted by atomic mass is 16.1. The van der Waals surface area contributed by atoms with Crippen LogP contribution in [0.3, 0.4) is 0 Å². The van der Waals surface area contributed by atoms with Crippen molar-refractivity contribution < 1.29 is 4.79 Å². The van der Waals surface area contributed by atoms with Gasteiger partial charge in [0.05, 0.1) is 5.92 Å². The maximum atomic E-state index is 13.5. The minimum Gasteiger partial charge on any atom is -0.370 e. The summed E-state index contributed by atoms with van der Waals surface area (Å²) in [5.41, 5.74) is 9.01. The summed E-state index contributed by atoms with van der Waals surface area (Å²) in [6.45, 7) is 5.75. The van der Waals surface area contributed by atoms with E-state index in [0.29, 0.717) is 23.7 Å². The van der Waals surface area contributed by atoms with Gasteiger partial charge in [-0.2, -0.15) is 0 Å². The highest BCUT2D eigenvalue weighted by Crippen LogP contribution is 2.75. The summed E-state index contributed by atoms with van der Waals surface area (Å²) >= 11 is 0. The van der Waals surface area contributed by atoms with Gasteiger partial charge in [0.15, 0.2) is 11.7 Å². The zero-order valence-electron chi connectivity index (χ0n) is 16.8. The Hall–Kier alpha value is -1.58. The number of rotatable bonds is 4. The van der Waals surface area contributed by atoms with Crippen molar-refractivity contribution in [1.82, 2.24) is 5.32 Å².